The van der Waals surface area contributed by atoms with Crippen LogP contribution in [0.25, 0.3) is 11.0 Å². The van der Waals surface area contributed by atoms with Gasteiger partial charge in [0, 0.05) is 18.0 Å². The van der Waals surface area contributed by atoms with Crippen LogP contribution in [0.1, 0.15) is 56.6 Å². The number of nitrogens with one attached hydrogen (secondary N) is 1. The van der Waals surface area contributed by atoms with Crippen LogP contribution in [0.5, 0.6) is 5.88 Å². The molecule has 0 atom stereocenters. The Kier molecular flexibility index (Phi) is 8.60. The summed E-state index contributed by atoms with van der Waals surface area (Å²) >= 11 is 0. The summed E-state index contributed by atoms with van der Waals surface area (Å²) in [6, 6.07) is 13.1. The third kappa shape index (κ3) is 7.15. The summed E-state index contributed by atoms with van der Waals surface area (Å²) in [6.07, 6.45) is 8.75. The molecule has 3 N–H and O–H groups in total. The number of methoxy groups -OCH3 is 1. The average Bonchev–Trinajstić information content (AvgIpc) is 2.83. The number of ether oxygens (including phenoxy) is 1. The van der Waals surface area contributed by atoms with E-state index < -0.39 is 11.7 Å². The lowest BCUT2D eigenvalue weighted by atomic mass is 9.81. The maximum Gasteiger partial charge on any atom is 0.409 e. The number of aromatic nitrogens is 2. The van der Waals surface area contributed by atoms with Gasteiger partial charge in [-0.25, -0.2) is 9.78 Å². The van der Waals surface area contributed by atoms with Crippen LogP contribution in [-0.2, 0) is 12.8 Å². The number of aryl methyl sites for hydroxylation is 2. The molecule has 1 amide bonds. The number of rotatable bonds is 6. The van der Waals surface area contributed by atoms with Crippen LogP contribution in [0, 0.1) is 0 Å². The molecule has 33 heavy (non-hydrogen) atoms. The Morgan fingerprint density at radius 2 is 1.82 bits per heavy atom. The number of benzene rings is 1. The number of hydrogen-bond acceptors (Lipinski definition) is 5. The molecule has 0 saturated heterocycles. The Morgan fingerprint density at radius 1 is 1.09 bits per heavy atom. The van der Waals surface area contributed by atoms with Gasteiger partial charge in [-0.1, -0.05) is 38.3 Å². The first-order chi connectivity index (χ1) is 15.9. The molecule has 0 unspecified atom stereocenters. The largest absolute Gasteiger partial charge is 0.481 e. The summed E-state index contributed by atoms with van der Waals surface area (Å²) in [6.45, 7) is 2.06. The van der Waals surface area contributed by atoms with Crippen molar-refractivity contribution >= 4 is 22.8 Å². The Hall–Kier alpha value is -3.19. The number of carboxylic acid groups (broad SMARTS) is 1. The van der Waals surface area contributed by atoms with Gasteiger partial charge >= 0.3 is 6.09 Å². The molecular formula is C26H33N3O4. The Balaban J connectivity index is 0.000000218. The summed E-state index contributed by atoms with van der Waals surface area (Å²) < 4.78 is 5.20. The molecular weight excluding hydrogens is 418 g/mol. The van der Waals surface area contributed by atoms with Crippen molar-refractivity contribution in [3.63, 3.8) is 0 Å². The second-order valence-electron chi connectivity index (χ2n) is 8.46. The number of nitrogens with zero attached hydrogens (tertiary/aromatic N) is 2. The third-order valence-corrected chi connectivity index (χ3v) is 6.11. The monoisotopic (exact) mass is 451 g/mol. The minimum absolute atomic E-state index is 0.493. The van der Waals surface area contributed by atoms with Gasteiger partial charge in [0.15, 0.2) is 0 Å². The molecule has 0 radical (unpaired) electrons. The van der Waals surface area contributed by atoms with Crippen molar-refractivity contribution in [3.8, 4) is 5.88 Å². The molecule has 1 aliphatic rings. The summed E-state index contributed by atoms with van der Waals surface area (Å²) in [5.41, 5.74) is 4.22. The van der Waals surface area contributed by atoms with E-state index in [-0.39, 0.29) is 0 Å². The fourth-order valence-corrected chi connectivity index (χ4v) is 4.15. The smallest absolute Gasteiger partial charge is 0.409 e. The van der Waals surface area contributed by atoms with E-state index in [0.717, 1.165) is 61.5 Å². The van der Waals surface area contributed by atoms with Gasteiger partial charge in [-0.05, 0) is 67.5 Å². The molecule has 1 aromatic carbocycles. The molecule has 0 spiro atoms. The van der Waals surface area contributed by atoms with Crippen LogP contribution in [0.15, 0.2) is 48.7 Å². The van der Waals surface area contributed by atoms with Gasteiger partial charge in [0.25, 0.3) is 0 Å². The zero-order valence-electron chi connectivity index (χ0n) is 19.4. The van der Waals surface area contributed by atoms with Crippen molar-refractivity contribution in [3.05, 3.63) is 59.8 Å². The molecule has 0 bridgehead atoms. The first-order valence-electron chi connectivity index (χ1n) is 11.5. The lowest BCUT2D eigenvalue weighted by Gasteiger charge is -2.32. The standard InChI is InChI=1S/C17H22N2O2.C9H11NO2/c1-21-15-6-5-14-16(19-15)13(8-12-18-14)7-11-17(20)9-3-2-4-10-17;1-2-7-3-5-8(6-4-7)10-9(11)12/h5-6,8,12,20H,2-4,7,9-11H2,1H3;3-6,10H,2H2,1H3,(H,11,12). The lowest BCUT2D eigenvalue weighted by molar-refractivity contribution is -0.00336. The van der Waals surface area contributed by atoms with Crippen molar-refractivity contribution in [2.75, 3.05) is 12.4 Å². The summed E-state index contributed by atoms with van der Waals surface area (Å²) in [7, 11) is 1.62. The number of amides is 1. The minimum atomic E-state index is -1.03. The molecule has 1 aliphatic carbocycles. The molecule has 176 valence electrons. The number of fused-ring (bicyclic) bond motifs is 1. The number of carbonyl (C=O) groups is 1. The number of hydrogen-bond donors (Lipinski definition) is 3. The zero-order valence-corrected chi connectivity index (χ0v) is 19.4. The maximum absolute atomic E-state index is 10.6. The highest BCUT2D eigenvalue weighted by molar-refractivity contribution is 5.82. The molecule has 0 aliphatic heterocycles. The van der Waals surface area contributed by atoms with Gasteiger partial charge in [0.05, 0.1) is 23.7 Å². The van der Waals surface area contributed by atoms with E-state index in [4.69, 9.17) is 9.84 Å². The van der Waals surface area contributed by atoms with E-state index in [9.17, 15) is 9.90 Å². The zero-order chi connectivity index (χ0) is 23.7. The second-order valence-corrected chi connectivity index (χ2v) is 8.46. The summed E-state index contributed by atoms with van der Waals surface area (Å²) in [5, 5.41) is 21.3. The van der Waals surface area contributed by atoms with Crippen molar-refractivity contribution in [1.82, 2.24) is 9.97 Å². The molecule has 2 heterocycles. The predicted octanol–water partition coefficient (Wildman–Crippen LogP) is 5.61. The van der Waals surface area contributed by atoms with E-state index >= 15 is 0 Å². The van der Waals surface area contributed by atoms with Crippen LogP contribution in [0.2, 0.25) is 0 Å². The van der Waals surface area contributed by atoms with E-state index in [0.29, 0.717) is 11.6 Å². The highest BCUT2D eigenvalue weighted by Gasteiger charge is 2.28. The third-order valence-electron chi connectivity index (χ3n) is 6.11. The molecule has 2 aromatic heterocycles. The Morgan fingerprint density at radius 3 is 2.45 bits per heavy atom. The van der Waals surface area contributed by atoms with Gasteiger partial charge in [-0.3, -0.25) is 10.3 Å². The van der Waals surface area contributed by atoms with Gasteiger partial charge in [-0.2, -0.15) is 0 Å². The van der Waals surface area contributed by atoms with Crippen LogP contribution in [0.4, 0.5) is 10.5 Å². The van der Waals surface area contributed by atoms with Gasteiger partial charge < -0.3 is 14.9 Å². The fraction of sp³-hybridized carbons (Fsp3) is 0.423. The van der Waals surface area contributed by atoms with E-state index in [1.54, 1.807) is 19.2 Å². The maximum atomic E-state index is 10.6. The summed E-state index contributed by atoms with van der Waals surface area (Å²) in [4.78, 5) is 19.1. The number of anilines is 1. The average molecular weight is 452 g/mol. The highest BCUT2D eigenvalue weighted by atomic mass is 16.5. The van der Waals surface area contributed by atoms with Gasteiger partial charge in [0.1, 0.15) is 0 Å². The molecule has 4 rings (SSSR count). The number of pyridine rings is 2. The number of aliphatic hydroxyl groups is 1. The van der Waals surface area contributed by atoms with Crippen molar-refractivity contribution < 1.29 is 19.7 Å². The first-order valence-corrected chi connectivity index (χ1v) is 11.5. The van der Waals surface area contributed by atoms with Crippen LogP contribution in [-0.4, -0.2) is 39.0 Å². The molecule has 7 heteroatoms. The summed E-state index contributed by atoms with van der Waals surface area (Å²) in [5.74, 6) is 0.605. The van der Waals surface area contributed by atoms with Crippen LogP contribution >= 0.6 is 0 Å². The van der Waals surface area contributed by atoms with E-state index in [1.165, 1.54) is 12.0 Å². The predicted molar refractivity (Wildman–Crippen MR) is 130 cm³/mol. The Labute approximate surface area is 194 Å². The van der Waals surface area contributed by atoms with Gasteiger partial charge in [-0.15, -0.1) is 0 Å². The topological polar surface area (TPSA) is 105 Å². The fourth-order valence-electron chi connectivity index (χ4n) is 4.15. The highest BCUT2D eigenvalue weighted by Crippen LogP contribution is 2.32. The van der Waals surface area contributed by atoms with E-state index in [2.05, 4.69) is 22.2 Å². The Bertz CT molecular complexity index is 1050. The second kappa shape index (κ2) is 11.6. The quantitative estimate of drug-likeness (QED) is 0.450. The van der Waals surface area contributed by atoms with Crippen molar-refractivity contribution in [1.29, 1.82) is 0 Å². The molecule has 3 aromatic rings. The molecule has 7 nitrogen and oxygen atoms in total. The first kappa shape index (κ1) is 24.5. The lowest BCUT2D eigenvalue weighted by Crippen LogP contribution is -2.31. The molecule has 1 fully saturated rings. The molecule has 1 saturated carbocycles. The van der Waals surface area contributed by atoms with Crippen LogP contribution in [0.3, 0.4) is 0 Å². The SMILES string of the molecule is CCc1ccc(NC(=O)O)cc1.COc1ccc2nccc(CCC3(O)CCCCC3)c2n1. The van der Waals surface area contributed by atoms with E-state index in [1.807, 2.05) is 36.5 Å². The van der Waals surface area contributed by atoms with Crippen molar-refractivity contribution in [2.24, 2.45) is 0 Å². The van der Waals surface area contributed by atoms with Gasteiger partial charge in [0.2, 0.25) is 5.88 Å². The van der Waals surface area contributed by atoms with Crippen molar-refractivity contribution in [2.45, 2.75) is 63.9 Å². The minimum Gasteiger partial charge on any atom is -0.481 e. The van der Waals surface area contributed by atoms with Crippen LogP contribution < -0.4 is 10.1 Å². The normalized spacial score (nSPS) is 14.8.